The highest BCUT2D eigenvalue weighted by Crippen LogP contribution is 2.61. The van der Waals surface area contributed by atoms with Gasteiger partial charge in [0.2, 0.25) is 0 Å². The Kier molecular flexibility index (Phi) is 11.3. The van der Waals surface area contributed by atoms with Crippen molar-refractivity contribution in [2.24, 2.45) is 0 Å². The minimum Gasteiger partial charge on any atom is -0.310 e. The first-order valence-corrected chi connectivity index (χ1v) is 27.7. The number of para-hydroxylation sites is 3. The molecule has 0 bridgehead atoms. The van der Waals surface area contributed by atoms with Gasteiger partial charge in [-0.1, -0.05) is 255 Å². The molecule has 2 heteroatoms. The van der Waals surface area contributed by atoms with Gasteiger partial charge in [-0.3, -0.25) is 0 Å². The van der Waals surface area contributed by atoms with Crippen LogP contribution in [-0.4, -0.2) is 0 Å². The molecule has 0 saturated carbocycles. The SMILES string of the molecule is c1ccc(N(c2ccccc2)c2cc(-c3cc4c(c5ccccc35)-c3ccccc3C4(c3ccccc3)c3ccccc3)cc(N(c3ccccc3)c3ccc4c(c3)C(c3ccccc3)(c3ccccc3)c3ccccc3-4)c2)cc1. The normalized spacial score (nSPS) is 13.2. The summed E-state index contributed by atoms with van der Waals surface area (Å²) < 4.78 is 0. The summed E-state index contributed by atoms with van der Waals surface area (Å²) in [6, 6.07) is 121. The summed E-state index contributed by atoms with van der Waals surface area (Å²) >= 11 is 0. The van der Waals surface area contributed by atoms with Crippen LogP contribution >= 0.6 is 0 Å². The molecule has 0 aliphatic heterocycles. The molecule has 0 heterocycles. The number of hydrogen-bond acceptors (Lipinski definition) is 2. The van der Waals surface area contributed by atoms with E-state index in [0.717, 1.165) is 45.3 Å². The Hall–Kier alpha value is -10.3. The molecular formula is C78H54N2. The van der Waals surface area contributed by atoms with Crippen molar-refractivity contribution < 1.29 is 0 Å². The van der Waals surface area contributed by atoms with Crippen LogP contribution in [0.5, 0.6) is 0 Å². The minimum atomic E-state index is -0.601. The lowest BCUT2D eigenvalue weighted by atomic mass is 9.67. The van der Waals surface area contributed by atoms with Gasteiger partial charge in [0.25, 0.3) is 0 Å². The van der Waals surface area contributed by atoms with E-state index in [2.05, 4.69) is 337 Å². The van der Waals surface area contributed by atoms with E-state index < -0.39 is 10.8 Å². The van der Waals surface area contributed by atoms with Crippen LogP contribution in [0.2, 0.25) is 0 Å². The number of anilines is 6. The van der Waals surface area contributed by atoms with E-state index >= 15 is 0 Å². The largest absolute Gasteiger partial charge is 0.310 e. The van der Waals surface area contributed by atoms with Crippen molar-refractivity contribution in [3.63, 3.8) is 0 Å². The van der Waals surface area contributed by atoms with Gasteiger partial charge < -0.3 is 9.80 Å². The number of fused-ring (bicyclic) bond motifs is 8. The van der Waals surface area contributed by atoms with Crippen LogP contribution in [0, 0.1) is 0 Å². The smallest absolute Gasteiger partial charge is 0.0714 e. The Morgan fingerprint density at radius 3 is 1.05 bits per heavy atom. The fraction of sp³-hybridized carbons (Fsp3) is 0.0256. The zero-order valence-electron chi connectivity index (χ0n) is 44.1. The first-order valence-electron chi connectivity index (χ1n) is 27.7. The van der Waals surface area contributed by atoms with Gasteiger partial charge in [-0.05, 0) is 161 Å². The molecule has 13 aromatic carbocycles. The van der Waals surface area contributed by atoms with Gasteiger partial charge in [0.1, 0.15) is 0 Å². The number of benzene rings is 13. The standard InChI is InChI=1S/C78H54N2/c1-8-28-56(29-9-1)77(57-30-10-2-11-31-57)72-46-26-24-43-67(72)68-49-48-63(53-74(68)77)80(62-40-20-7-21-41-62)65-51-55(50-64(52-65)79(60-36-16-5-17-37-60)61-38-18-6-19-39-61)71-54-75-76(69-44-23-22-42-66(69)71)70-45-25-27-47-73(70)78(75,58-32-12-3-13-33-58)59-34-14-4-15-35-59/h1-54H. The van der Waals surface area contributed by atoms with E-state index in [-0.39, 0.29) is 0 Å². The van der Waals surface area contributed by atoms with Crippen LogP contribution in [0.3, 0.4) is 0 Å². The molecule has 2 aliphatic rings. The molecule has 0 unspecified atom stereocenters. The van der Waals surface area contributed by atoms with E-state index in [1.165, 1.54) is 77.5 Å². The van der Waals surface area contributed by atoms with Gasteiger partial charge >= 0.3 is 0 Å². The van der Waals surface area contributed by atoms with Crippen molar-refractivity contribution >= 4 is 44.9 Å². The Bertz CT molecular complexity index is 4270. The molecule has 2 aliphatic carbocycles. The van der Waals surface area contributed by atoms with Crippen molar-refractivity contribution in [1.82, 2.24) is 0 Å². The molecule has 0 spiro atoms. The molecule has 0 amide bonds. The van der Waals surface area contributed by atoms with Crippen molar-refractivity contribution in [3.05, 3.63) is 372 Å². The van der Waals surface area contributed by atoms with Gasteiger partial charge in [0.15, 0.2) is 0 Å². The lowest BCUT2D eigenvalue weighted by Gasteiger charge is -2.35. The second kappa shape index (κ2) is 19.3. The second-order valence-corrected chi connectivity index (χ2v) is 21.1. The number of rotatable bonds is 11. The van der Waals surface area contributed by atoms with Gasteiger partial charge in [0.05, 0.1) is 10.8 Å². The monoisotopic (exact) mass is 1020 g/mol. The first kappa shape index (κ1) is 47.0. The maximum absolute atomic E-state index is 2.55. The van der Waals surface area contributed by atoms with Crippen LogP contribution in [0.15, 0.2) is 328 Å². The molecular weight excluding hydrogens is 965 g/mol. The highest BCUT2D eigenvalue weighted by atomic mass is 15.2. The molecule has 0 saturated heterocycles. The fourth-order valence-electron chi connectivity index (χ4n) is 13.7. The Morgan fingerprint density at radius 2 is 0.562 bits per heavy atom. The average molecular weight is 1020 g/mol. The van der Waals surface area contributed by atoms with E-state index in [1.54, 1.807) is 0 Å². The summed E-state index contributed by atoms with van der Waals surface area (Å²) in [6.45, 7) is 0. The summed E-state index contributed by atoms with van der Waals surface area (Å²) in [4.78, 5) is 4.89. The average Bonchev–Trinajstić information content (AvgIpc) is 4.06. The van der Waals surface area contributed by atoms with E-state index in [0.29, 0.717) is 0 Å². The molecule has 376 valence electrons. The van der Waals surface area contributed by atoms with Gasteiger partial charge in [0, 0.05) is 34.1 Å². The number of hydrogen-bond donors (Lipinski definition) is 0. The van der Waals surface area contributed by atoms with Crippen molar-refractivity contribution in [2.75, 3.05) is 9.80 Å². The zero-order valence-corrected chi connectivity index (χ0v) is 44.1. The maximum Gasteiger partial charge on any atom is 0.0714 e. The molecule has 15 rings (SSSR count). The third-order valence-electron chi connectivity index (χ3n) is 16.9. The zero-order chi connectivity index (χ0) is 53.0. The maximum atomic E-state index is 2.55. The molecule has 13 aromatic rings. The summed E-state index contributed by atoms with van der Waals surface area (Å²) in [6.07, 6.45) is 0. The summed E-state index contributed by atoms with van der Waals surface area (Å²) in [7, 11) is 0. The molecule has 80 heavy (non-hydrogen) atoms. The van der Waals surface area contributed by atoms with Gasteiger partial charge in [-0.25, -0.2) is 0 Å². The third-order valence-corrected chi connectivity index (χ3v) is 16.9. The molecule has 0 atom stereocenters. The van der Waals surface area contributed by atoms with Crippen LogP contribution < -0.4 is 9.80 Å². The van der Waals surface area contributed by atoms with Crippen LogP contribution in [-0.2, 0) is 10.8 Å². The minimum absolute atomic E-state index is 0.581. The van der Waals surface area contributed by atoms with Crippen LogP contribution in [0.4, 0.5) is 34.1 Å². The lowest BCUT2D eigenvalue weighted by Crippen LogP contribution is -2.28. The van der Waals surface area contributed by atoms with Crippen molar-refractivity contribution in [1.29, 1.82) is 0 Å². The van der Waals surface area contributed by atoms with Gasteiger partial charge in [-0.15, -0.1) is 0 Å². The van der Waals surface area contributed by atoms with Crippen LogP contribution in [0.25, 0.3) is 44.2 Å². The lowest BCUT2D eigenvalue weighted by molar-refractivity contribution is 0.768. The Morgan fingerprint density at radius 1 is 0.200 bits per heavy atom. The number of nitrogens with zero attached hydrogens (tertiary/aromatic N) is 2. The predicted octanol–water partition coefficient (Wildman–Crippen LogP) is 20.2. The predicted molar refractivity (Wildman–Crippen MR) is 333 cm³/mol. The van der Waals surface area contributed by atoms with E-state index in [9.17, 15) is 0 Å². The molecule has 0 fully saturated rings. The summed E-state index contributed by atoms with van der Waals surface area (Å²) in [5, 5.41) is 2.43. The third kappa shape index (κ3) is 7.26. The molecule has 0 radical (unpaired) electrons. The van der Waals surface area contributed by atoms with Gasteiger partial charge in [-0.2, -0.15) is 0 Å². The second-order valence-electron chi connectivity index (χ2n) is 21.1. The highest BCUT2D eigenvalue weighted by Gasteiger charge is 2.48. The fourth-order valence-corrected chi connectivity index (χ4v) is 13.7. The molecule has 0 N–H and O–H groups in total. The molecule has 2 nitrogen and oxygen atoms in total. The molecule has 0 aromatic heterocycles. The summed E-state index contributed by atoms with van der Waals surface area (Å²) in [5.74, 6) is 0. The van der Waals surface area contributed by atoms with E-state index in [1.807, 2.05) is 0 Å². The van der Waals surface area contributed by atoms with Crippen molar-refractivity contribution in [2.45, 2.75) is 10.8 Å². The van der Waals surface area contributed by atoms with Crippen molar-refractivity contribution in [3.8, 4) is 33.4 Å². The van der Waals surface area contributed by atoms with Crippen LogP contribution in [0.1, 0.15) is 44.5 Å². The quantitative estimate of drug-likeness (QED) is 0.127. The topological polar surface area (TPSA) is 6.48 Å². The first-order chi connectivity index (χ1) is 39.7. The Balaban J connectivity index is 1.04. The van der Waals surface area contributed by atoms with E-state index in [4.69, 9.17) is 0 Å². The Labute approximate surface area is 468 Å². The highest BCUT2D eigenvalue weighted by molar-refractivity contribution is 6.11. The summed E-state index contributed by atoms with van der Waals surface area (Å²) in [5.41, 5.74) is 22.5.